The Morgan fingerprint density at radius 2 is 2.11 bits per heavy atom. The van der Waals surface area contributed by atoms with Gasteiger partial charge in [-0.25, -0.2) is 0 Å². The maximum absolute atomic E-state index is 11.9. The van der Waals surface area contributed by atoms with Crippen LogP contribution < -0.4 is 4.90 Å². The van der Waals surface area contributed by atoms with Gasteiger partial charge in [-0.15, -0.1) is 0 Å². The quantitative estimate of drug-likeness (QED) is 0.608. The van der Waals surface area contributed by atoms with Crippen LogP contribution in [0.1, 0.15) is 10.6 Å². The molecule has 0 fully saturated rings. The van der Waals surface area contributed by atoms with Gasteiger partial charge in [-0.05, 0) is 24.3 Å². The highest BCUT2D eigenvalue weighted by molar-refractivity contribution is 8.03. The molecule has 2 heterocycles. The topological polar surface area (TPSA) is 33.5 Å². The number of anilines is 1. The summed E-state index contributed by atoms with van der Waals surface area (Å²) in [5.41, 5.74) is 1.13. The molecule has 4 heteroatoms. The molecule has 0 N–H and O–H groups in total. The van der Waals surface area contributed by atoms with Crippen LogP contribution >= 0.6 is 11.8 Å². The predicted molar refractivity (Wildman–Crippen MR) is 71.8 cm³/mol. The van der Waals surface area contributed by atoms with Crippen LogP contribution in [0.2, 0.25) is 0 Å². The first-order valence-corrected chi connectivity index (χ1v) is 6.37. The molecule has 18 heavy (non-hydrogen) atoms. The van der Waals surface area contributed by atoms with Gasteiger partial charge in [0.1, 0.15) is 0 Å². The molecule has 3 nitrogen and oxygen atoms in total. The van der Waals surface area contributed by atoms with Crippen LogP contribution in [0.15, 0.2) is 63.1 Å². The number of carbonyl (C=O) groups is 1. The molecule has 0 spiro atoms. The number of allylic oxidation sites excluding steroid dienone is 1. The van der Waals surface area contributed by atoms with Gasteiger partial charge in [0.05, 0.1) is 17.0 Å². The van der Waals surface area contributed by atoms with E-state index in [1.54, 1.807) is 30.0 Å². The van der Waals surface area contributed by atoms with Gasteiger partial charge in [-0.3, -0.25) is 4.79 Å². The van der Waals surface area contributed by atoms with E-state index in [0.717, 1.165) is 10.7 Å². The van der Waals surface area contributed by atoms with Gasteiger partial charge in [-0.1, -0.05) is 23.9 Å². The number of furan rings is 1. The first-order valence-electron chi connectivity index (χ1n) is 5.56. The Hall–Kier alpha value is -1.94. The Kier molecular flexibility index (Phi) is 2.72. The molecule has 1 aromatic heterocycles. The maximum atomic E-state index is 11.9. The number of fused-ring (bicyclic) bond motifs is 1. The molecule has 0 saturated heterocycles. The second-order valence-electron chi connectivity index (χ2n) is 3.95. The Morgan fingerprint density at radius 1 is 1.28 bits per heavy atom. The van der Waals surface area contributed by atoms with E-state index in [-0.39, 0.29) is 5.78 Å². The Balaban J connectivity index is 1.90. The molecule has 0 bridgehead atoms. The summed E-state index contributed by atoms with van der Waals surface area (Å²) >= 11 is 1.59. The number of para-hydroxylation sites is 1. The molecule has 0 atom stereocenters. The maximum Gasteiger partial charge on any atom is 0.223 e. The molecule has 0 aliphatic carbocycles. The van der Waals surface area contributed by atoms with Gasteiger partial charge in [0.2, 0.25) is 5.78 Å². The van der Waals surface area contributed by atoms with E-state index in [4.69, 9.17) is 4.42 Å². The van der Waals surface area contributed by atoms with Crippen molar-refractivity contribution < 1.29 is 9.21 Å². The summed E-state index contributed by atoms with van der Waals surface area (Å²) in [6, 6.07) is 11.5. The molecule has 0 unspecified atom stereocenters. The fraction of sp³-hybridized carbons (Fsp3) is 0.0714. The number of carbonyl (C=O) groups excluding carboxylic acids is 1. The average molecular weight is 257 g/mol. The molecular weight excluding hydrogens is 246 g/mol. The highest BCUT2D eigenvalue weighted by atomic mass is 32.2. The number of rotatable bonds is 2. The molecule has 0 radical (unpaired) electrons. The second kappa shape index (κ2) is 4.38. The highest BCUT2D eigenvalue weighted by Gasteiger charge is 2.22. The number of nitrogens with zero attached hydrogens (tertiary/aromatic N) is 1. The van der Waals surface area contributed by atoms with Gasteiger partial charge >= 0.3 is 0 Å². The second-order valence-corrected chi connectivity index (χ2v) is 5.02. The molecule has 1 aliphatic heterocycles. The Morgan fingerprint density at radius 3 is 2.83 bits per heavy atom. The summed E-state index contributed by atoms with van der Waals surface area (Å²) in [4.78, 5) is 15.1. The minimum Gasteiger partial charge on any atom is -0.461 e. The number of hydrogen-bond acceptors (Lipinski definition) is 4. The normalized spacial score (nSPS) is 16.1. The summed E-state index contributed by atoms with van der Waals surface area (Å²) in [5.74, 6) is 0.259. The fourth-order valence-electron chi connectivity index (χ4n) is 1.85. The molecule has 0 saturated carbocycles. The van der Waals surface area contributed by atoms with E-state index >= 15 is 0 Å². The van der Waals surface area contributed by atoms with E-state index < -0.39 is 0 Å². The minimum atomic E-state index is -0.109. The van der Waals surface area contributed by atoms with Gasteiger partial charge in [0.15, 0.2) is 5.76 Å². The van der Waals surface area contributed by atoms with E-state index in [2.05, 4.69) is 6.07 Å². The SMILES string of the molecule is CN1/C(=C\C(=O)c2ccco2)Sc2ccccc21. The fourth-order valence-corrected chi connectivity index (χ4v) is 2.93. The molecular formula is C14H11NO2S. The summed E-state index contributed by atoms with van der Waals surface area (Å²) < 4.78 is 5.10. The summed E-state index contributed by atoms with van der Waals surface area (Å²) in [6.07, 6.45) is 3.12. The highest BCUT2D eigenvalue weighted by Crippen LogP contribution is 2.44. The molecule has 90 valence electrons. The lowest BCUT2D eigenvalue weighted by Crippen LogP contribution is -2.11. The standard InChI is InChI=1S/C14H11NO2S/c1-15-10-5-2-3-7-13(10)18-14(15)9-11(16)12-6-4-8-17-12/h2-9H,1H3/b14-9+. The van der Waals surface area contributed by atoms with Crippen LogP contribution in [-0.4, -0.2) is 12.8 Å². The largest absolute Gasteiger partial charge is 0.461 e. The van der Waals surface area contributed by atoms with Gasteiger partial charge in [0, 0.05) is 18.0 Å². The Bertz CT molecular complexity index is 616. The summed E-state index contributed by atoms with van der Waals surface area (Å²) in [7, 11) is 1.96. The van der Waals surface area contributed by atoms with E-state index in [1.165, 1.54) is 11.2 Å². The number of thioether (sulfide) groups is 1. The zero-order valence-electron chi connectivity index (χ0n) is 9.79. The minimum absolute atomic E-state index is 0.109. The molecule has 3 rings (SSSR count). The number of benzene rings is 1. The third kappa shape index (κ3) is 1.84. The van der Waals surface area contributed by atoms with Crippen molar-refractivity contribution in [3.05, 3.63) is 59.5 Å². The zero-order chi connectivity index (χ0) is 12.5. The number of ketones is 1. The van der Waals surface area contributed by atoms with Crippen LogP contribution in [0.25, 0.3) is 0 Å². The molecule has 1 aromatic carbocycles. The van der Waals surface area contributed by atoms with Crippen molar-refractivity contribution in [3.63, 3.8) is 0 Å². The first kappa shape index (κ1) is 11.2. The van der Waals surface area contributed by atoms with Crippen LogP contribution in [-0.2, 0) is 0 Å². The van der Waals surface area contributed by atoms with Gasteiger partial charge in [-0.2, -0.15) is 0 Å². The van der Waals surface area contributed by atoms with Crippen molar-refractivity contribution in [1.29, 1.82) is 0 Å². The Labute approximate surface area is 109 Å². The lowest BCUT2D eigenvalue weighted by Gasteiger charge is -2.12. The van der Waals surface area contributed by atoms with Crippen molar-refractivity contribution in [2.24, 2.45) is 0 Å². The van der Waals surface area contributed by atoms with Crippen LogP contribution in [0.5, 0.6) is 0 Å². The zero-order valence-corrected chi connectivity index (χ0v) is 10.6. The molecule has 1 aliphatic rings. The van der Waals surface area contributed by atoms with E-state index in [9.17, 15) is 4.79 Å². The average Bonchev–Trinajstić information content (AvgIpc) is 3.00. The van der Waals surface area contributed by atoms with Gasteiger partial charge in [0.25, 0.3) is 0 Å². The van der Waals surface area contributed by atoms with Crippen LogP contribution in [0, 0.1) is 0 Å². The van der Waals surface area contributed by atoms with Crippen molar-refractivity contribution >= 4 is 23.2 Å². The van der Waals surface area contributed by atoms with E-state index in [0.29, 0.717) is 5.76 Å². The summed E-state index contributed by atoms with van der Waals surface area (Å²) in [5, 5.41) is 0.914. The lowest BCUT2D eigenvalue weighted by atomic mass is 10.3. The van der Waals surface area contributed by atoms with Crippen molar-refractivity contribution in [2.75, 3.05) is 11.9 Å². The van der Waals surface area contributed by atoms with Crippen LogP contribution in [0.4, 0.5) is 5.69 Å². The lowest BCUT2D eigenvalue weighted by molar-refractivity contribution is 0.102. The number of hydrogen-bond donors (Lipinski definition) is 0. The summed E-state index contributed by atoms with van der Waals surface area (Å²) in [6.45, 7) is 0. The van der Waals surface area contributed by atoms with Gasteiger partial charge < -0.3 is 9.32 Å². The smallest absolute Gasteiger partial charge is 0.223 e. The van der Waals surface area contributed by atoms with Crippen LogP contribution in [0.3, 0.4) is 0 Å². The predicted octanol–water partition coefficient (Wildman–Crippen LogP) is 3.55. The first-order chi connectivity index (χ1) is 8.75. The molecule has 2 aromatic rings. The van der Waals surface area contributed by atoms with Crippen molar-refractivity contribution in [2.45, 2.75) is 4.90 Å². The third-order valence-corrected chi connectivity index (χ3v) is 3.96. The van der Waals surface area contributed by atoms with Crippen molar-refractivity contribution in [1.82, 2.24) is 0 Å². The van der Waals surface area contributed by atoms with Crippen molar-refractivity contribution in [3.8, 4) is 0 Å². The monoisotopic (exact) mass is 257 g/mol. The molecule has 0 amide bonds. The van der Waals surface area contributed by atoms with E-state index in [1.807, 2.05) is 30.1 Å². The third-order valence-electron chi connectivity index (χ3n) is 2.79.